The third-order valence-corrected chi connectivity index (χ3v) is 3.59. The van der Waals surface area contributed by atoms with Gasteiger partial charge in [-0.25, -0.2) is 0 Å². The summed E-state index contributed by atoms with van der Waals surface area (Å²) in [5.74, 6) is -1.41. The fourth-order valence-electron chi connectivity index (χ4n) is 2.38. The minimum atomic E-state index is -0.745. The second-order valence-electron chi connectivity index (χ2n) is 6.25. The number of methoxy groups -OCH3 is 1. The van der Waals surface area contributed by atoms with Gasteiger partial charge >= 0.3 is 17.9 Å². The fraction of sp³-hybridized carbons (Fsp3) is 0.550. The molecule has 0 aliphatic rings. The molecule has 8 heteroatoms. The third-order valence-electron chi connectivity index (χ3n) is 3.59. The van der Waals surface area contributed by atoms with E-state index in [-0.39, 0.29) is 19.8 Å². The Kier molecular flexibility index (Phi) is 10.8. The smallest absolute Gasteiger partial charge is 0.303 e. The molecule has 0 aliphatic heterocycles. The van der Waals surface area contributed by atoms with E-state index in [0.717, 1.165) is 11.1 Å². The molecule has 1 aromatic rings. The molecule has 0 spiro atoms. The molecule has 156 valence electrons. The van der Waals surface area contributed by atoms with Crippen LogP contribution in [0, 0.1) is 0 Å². The number of hydrogen-bond donors (Lipinski definition) is 0. The van der Waals surface area contributed by atoms with Crippen LogP contribution in [0.4, 0.5) is 0 Å². The molecule has 0 saturated heterocycles. The Morgan fingerprint density at radius 3 is 1.82 bits per heavy atom. The van der Waals surface area contributed by atoms with E-state index in [2.05, 4.69) is 0 Å². The molecule has 2 atom stereocenters. The maximum atomic E-state index is 11.2. The summed E-state index contributed by atoms with van der Waals surface area (Å²) in [4.78, 5) is 33.4. The maximum absolute atomic E-state index is 11.2. The number of esters is 3. The monoisotopic (exact) mass is 396 g/mol. The van der Waals surface area contributed by atoms with Crippen LogP contribution in [0.5, 0.6) is 0 Å². The average Bonchev–Trinajstić information content (AvgIpc) is 2.62. The van der Waals surface area contributed by atoms with Crippen molar-refractivity contribution in [3.8, 4) is 0 Å². The molecule has 0 bridgehead atoms. The summed E-state index contributed by atoms with van der Waals surface area (Å²) in [6, 6.07) is 7.79. The normalized spacial score (nSPS) is 12.7. The van der Waals surface area contributed by atoms with Crippen molar-refractivity contribution < 1.29 is 38.1 Å². The highest BCUT2D eigenvalue weighted by Gasteiger charge is 2.19. The largest absolute Gasteiger partial charge is 0.463 e. The predicted molar refractivity (Wildman–Crippen MR) is 99.4 cm³/mol. The summed E-state index contributed by atoms with van der Waals surface area (Å²) in [6.07, 6.45) is -0.709. The summed E-state index contributed by atoms with van der Waals surface area (Å²) in [5.41, 5.74) is 2.03. The van der Waals surface area contributed by atoms with E-state index in [9.17, 15) is 14.4 Å². The summed E-state index contributed by atoms with van der Waals surface area (Å²) in [5, 5.41) is 0. The SMILES string of the molecule is COCc1ccc(C[C@@H](COC(C)=O)OC[C@H](COC(C)=O)OC(C)=O)cc1. The molecule has 0 radical (unpaired) electrons. The van der Waals surface area contributed by atoms with Crippen LogP contribution in [-0.2, 0) is 51.1 Å². The van der Waals surface area contributed by atoms with Crippen LogP contribution in [0.1, 0.15) is 31.9 Å². The second-order valence-corrected chi connectivity index (χ2v) is 6.25. The Hall–Kier alpha value is -2.45. The summed E-state index contributed by atoms with van der Waals surface area (Å²) >= 11 is 0. The van der Waals surface area contributed by atoms with E-state index in [1.165, 1.54) is 20.8 Å². The number of benzene rings is 1. The van der Waals surface area contributed by atoms with Crippen molar-refractivity contribution in [2.75, 3.05) is 26.9 Å². The van der Waals surface area contributed by atoms with Crippen LogP contribution in [0.25, 0.3) is 0 Å². The third kappa shape index (κ3) is 10.6. The topological polar surface area (TPSA) is 97.4 Å². The highest BCUT2D eigenvalue weighted by atomic mass is 16.6. The highest BCUT2D eigenvalue weighted by molar-refractivity contribution is 5.67. The van der Waals surface area contributed by atoms with E-state index in [4.69, 9.17) is 23.7 Å². The van der Waals surface area contributed by atoms with Gasteiger partial charge in [0, 0.05) is 34.3 Å². The van der Waals surface area contributed by atoms with E-state index in [1.807, 2.05) is 24.3 Å². The van der Waals surface area contributed by atoms with Crippen molar-refractivity contribution in [3.63, 3.8) is 0 Å². The Bertz CT molecular complexity index is 626. The standard InChI is InChI=1S/C20H28O8/c1-14(21)25-11-19(9-17-5-7-18(8-6-17)10-24-4)27-13-20(28-16(3)23)12-26-15(2)22/h5-8,19-20H,9-13H2,1-4H3/t19-,20-/m0/s1. The van der Waals surface area contributed by atoms with Gasteiger partial charge in [-0.2, -0.15) is 0 Å². The molecule has 28 heavy (non-hydrogen) atoms. The van der Waals surface area contributed by atoms with Crippen LogP contribution >= 0.6 is 0 Å². The minimum Gasteiger partial charge on any atom is -0.463 e. The van der Waals surface area contributed by atoms with Crippen LogP contribution < -0.4 is 0 Å². The Labute approximate surface area is 165 Å². The van der Waals surface area contributed by atoms with Crippen molar-refractivity contribution in [1.29, 1.82) is 0 Å². The van der Waals surface area contributed by atoms with Crippen LogP contribution in [0.15, 0.2) is 24.3 Å². The molecular formula is C20H28O8. The number of rotatable bonds is 12. The molecule has 0 heterocycles. The van der Waals surface area contributed by atoms with Gasteiger partial charge in [0.1, 0.15) is 13.2 Å². The van der Waals surface area contributed by atoms with E-state index >= 15 is 0 Å². The molecule has 0 saturated carbocycles. The molecule has 8 nitrogen and oxygen atoms in total. The van der Waals surface area contributed by atoms with Crippen molar-refractivity contribution in [2.45, 2.75) is 46.0 Å². The highest BCUT2D eigenvalue weighted by Crippen LogP contribution is 2.11. The molecule has 0 fully saturated rings. The van der Waals surface area contributed by atoms with Gasteiger partial charge in [-0.05, 0) is 11.1 Å². The molecule has 0 unspecified atom stereocenters. The number of hydrogen-bond acceptors (Lipinski definition) is 8. The van der Waals surface area contributed by atoms with Crippen LogP contribution in [0.2, 0.25) is 0 Å². The molecular weight excluding hydrogens is 368 g/mol. The first-order valence-electron chi connectivity index (χ1n) is 8.92. The molecule has 0 aliphatic carbocycles. The van der Waals surface area contributed by atoms with Crippen molar-refractivity contribution in [3.05, 3.63) is 35.4 Å². The summed E-state index contributed by atoms with van der Waals surface area (Å²) < 4.78 is 26.0. The molecule has 1 rings (SSSR count). The van der Waals surface area contributed by atoms with Crippen molar-refractivity contribution in [2.24, 2.45) is 0 Å². The lowest BCUT2D eigenvalue weighted by molar-refractivity contribution is -0.163. The van der Waals surface area contributed by atoms with Gasteiger partial charge in [-0.15, -0.1) is 0 Å². The summed E-state index contributed by atoms with van der Waals surface area (Å²) in [7, 11) is 1.63. The Morgan fingerprint density at radius 1 is 0.786 bits per heavy atom. The van der Waals surface area contributed by atoms with Gasteiger partial charge in [0.2, 0.25) is 0 Å². The second kappa shape index (κ2) is 12.9. The average molecular weight is 396 g/mol. The molecule has 0 N–H and O–H groups in total. The van der Waals surface area contributed by atoms with Gasteiger partial charge in [0.15, 0.2) is 6.10 Å². The zero-order valence-corrected chi connectivity index (χ0v) is 16.8. The first-order valence-corrected chi connectivity index (χ1v) is 8.92. The lowest BCUT2D eigenvalue weighted by atomic mass is 10.1. The maximum Gasteiger partial charge on any atom is 0.303 e. The van der Waals surface area contributed by atoms with E-state index < -0.39 is 30.1 Å². The Balaban J connectivity index is 2.71. The lowest BCUT2D eigenvalue weighted by Crippen LogP contribution is -2.33. The molecule has 0 amide bonds. The van der Waals surface area contributed by atoms with E-state index in [1.54, 1.807) is 7.11 Å². The Morgan fingerprint density at radius 2 is 1.32 bits per heavy atom. The van der Waals surface area contributed by atoms with Gasteiger partial charge in [0.25, 0.3) is 0 Å². The van der Waals surface area contributed by atoms with E-state index in [0.29, 0.717) is 13.0 Å². The van der Waals surface area contributed by atoms with Crippen LogP contribution in [0.3, 0.4) is 0 Å². The lowest BCUT2D eigenvalue weighted by Gasteiger charge is -2.22. The fourth-order valence-corrected chi connectivity index (χ4v) is 2.38. The van der Waals surface area contributed by atoms with Crippen molar-refractivity contribution >= 4 is 17.9 Å². The van der Waals surface area contributed by atoms with Gasteiger partial charge in [0.05, 0.1) is 19.3 Å². The van der Waals surface area contributed by atoms with Gasteiger partial charge < -0.3 is 23.7 Å². The minimum absolute atomic E-state index is 0.000545. The molecule has 0 aromatic heterocycles. The zero-order chi connectivity index (χ0) is 20.9. The zero-order valence-electron chi connectivity index (χ0n) is 16.8. The molecule has 1 aromatic carbocycles. The number of ether oxygens (including phenoxy) is 5. The quantitative estimate of drug-likeness (QED) is 0.390. The van der Waals surface area contributed by atoms with Gasteiger partial charge in [-0.3, -0.25) is 14.4 Å². The van der Waals surface area contributed by atoms with Crippen LogP contribution in [-0.4, -0.2) is 57.0 Å². The summed E-state index contributed by atoms with van der Waals surface area (Å²) in [6.45, 7) is 4.31. The first-order chi connectivity index (χ1) is 13.3. The van der Waals surface area contributed by atoms with Gasteiger partial charge in [-0.1, -0.05) is 24.3 Å². The number of carbonyl (C=O) groups excluding carboxylic acids is 3. The van der Waals surface area contributed by atoms with Crippen molar-refractivity contribution in [1.82, 2.24) is 0 Å². The predicted octanol–water partition coefficient (Wildman–Crippen LogP) is 1.82. The number of carbonyl (C=O) groups is 3. The first kappa shape index (κ1) is 23.6.